The zero-order valence-corrected chi connectivity index (χ0v) is 13.1. The highest BCUT2D eigenvalue weighted by Gasteiger charge is 2.11. The Bertz CT molecular complexity index is 820. The van der Waals surface area contributed by atoms with Crippen molar-refractivity contribution in [3.63, 3.8) is 0 Å². The number of nitrogens with one attached hydrogen (secondary N) is 2. The number of ether oxygens (including phenoxy) is 1. The zero-order chi connectivity index (χ0) is 16.8. The summed E-state index contributed by atoms with van der Waals surface area (Å²) in [7, 11) is 1.55. The second-order valence-electron chi connectivity index (χ2n) is 4.93. The number of hydrogen-bond donors (Lipinski definition) is 2. The van der Waals surface area contributed by atoms with Crippen LogP contribution < -0.4 is 15.4 Å². The first-order chi connectivity index (χ1) is 11.8. The number of para-hydroxylation sites is 3. The van der Waals surface area contributed by atoms with Crippen LogP contribution >= 0.6 is 0 Å². The fourth-order valence-corrected chi connectivity index (χ4v) is 2.11. The Hall–Kier alpha value is -3.41. The maximum Gasteiger partial charge on any atom is 0.275 e. The Balaban J connectivity index is 1.70. The number of anilines is 3. The minimum absolute atomic E-state index is 0.222. The Morgan fingerprint density at radius 1 is 0.958 bits per heavy atom. The average Bonchev–Trinajstić information content (AvgIpc) is 2.63. The first-order valence-electron chi connectivity index (χ1n) is 7.35. The van der Waals surface area contributed by atoms with Gasteiger partial charge in [0, 0.05) is 5.69 Å². The van der Waals surface area contributed by atoms with Gasteiger partial charge in [0.15, 0.2) is 0 Å². The fraction of sp³-hybridized carbons (Fsp3) is 0.0556. The van der Waals surface area contributed by atoms with Crippen LogP contribution in [0.5, 0.6) is 5.75 Å². The van der Waals surface area contributed by atoms with Gasteiger partial charge in [-0.2, -0.15) is 0 Å². The van der Waals surface area contributed by atoms with Crippen LogP contribution in [0.1, 0.15) is 10.5 Å². The Morgan fingerprint density at radius 2 is 1.71 bits per heavy atom. The molecule has 0 saturated heterocycles. The summed E-state index contributed by atoms with van der Waals surface area (Å²) in [5.74, 6) is 0.800. The summed E-state index contributed by atoms with van der Waals surface area (Å²) in [6, 6.07) is 16.8. The number of carbonyl (C=O) groups is 1. The molecule has 3 rings (SSSR count). The normalized spacial score (nSPS) is 10.0. The molecule has 6 nitrogen and oxygen atoms in total. The lowest BCUT2D eigenvalue weighted by molar-refractivity contribution is 0.102. The van der Waals surface area contributed by atoms with Gasteiger partial charge < -0.3 is 15.4 Å². The number of benzene rings is 2. The molecule has 0 aliphatic heterocycles. The molecule has 2 aromatic carbocycles. The maximum atomic E-state index is 12.3. The largest absolute Gasteiger partial charge is 0.495 e. The molecule has 0 aliphatic carbocycles. The van der Waals surface area contributed by atoms with Crippen LogP contribution in [0.2, 0.25) is 0 Å². The number of nitrogens with zero attached hydrogens (tertiary/aromatic N) is 2. The van der Waals surface area contributed by atoms with Crippen molar-refractivity contribution >= 4 is 23.1 Å². The number of methoxy groups -OCH3 is 1. The van der Waals surface area contributed by atoms with Gasteiger partial charge in [0.2, 0.25) is 0 Å². The van der Waals surface area contributed by atoms with Gasteiger partial charge in [-0.25, -0.2) is 9.97 Å². The van der Waals surface area contributed by atoms with Gasteiger partial charge in [0.1, 0.15) is 17.3 Å². The van der Waals surface area contributed by atoms with Crippen molar-refractivity contribution in [2.45, 2.75) is 0 Å². The molecular weight excluding hydrogens is 304 g/mol. The standard InChI is InChI=1S/C18H16N4O2/c1-24-16-10-6-5-9-14(16)22-18(23)15-11-20-17(12-19-15)21-13-7-3-2-4-8-13/h2-12H,1H3,(H,20,21)(H,22,23). The van der Waals surface area contributed by atoms with Crippen molar-refractivity contribution in [2.24, 2.45) is 0 Å². The van der Waals surface area contributed by atoms with Gasteiger partial charge in [0.25, 0.3) is 5.91 Å². The summed E-state index contributed by atoms with van der Waals surface area (Å²) < 4.78 is 5.21. The molecule has 0 saturated carbocycles. The third-order valence-electron chi connectivity index (χ3n) is 3.29. The number of carbonyl (C=O) groups excluding carboxylic acids is 1. The molecule has 1 amide bonds. The van der Waals surface area contributed by atoms with Crippen molar-refractivity contribution in [1.29, 1.82) is 0 Å². The summed E-state index contributed by atoms with van der Waals surface area (Å²) in [4.78, 5) is 20.6. The fourth-order valence-electron chi connectivity index (χ4n) is 2.11. The van der Waals surface area contributed by atoms with E-state index in [1.165, 1.54) is 12.4 Å². The minimum atomic E-state index is -0.349. The van der Waals surface area contributed by atoms with E-state index in [1.807, 2.05) is 42.5 Å². The molecule has 1 heterocycles. The summed E-state index contributed by atoms with van der Waals surface area (Å²) in [5, 5.41) is 5.87. The van der Waals surface area contributed by atoms with E-state index in [9.17, 15) is 4.79 Å². The predicted molar refractivity (Wildman–Crippen MR) is 92.7 cm³/mol. The summed E-state index contributed by atoms with van der Waals surface area (Å²) in [6.07, 6.45) is 2.94. The lowest BCUT2D eigenvalue weighted by atomic mass is 10.3. The van der Waals surface area contributed by atoms with E-state index in [-0.39, 0.29) is 11.6 Å². The van der Waals surface area contributed by atoms with Crippen molar-refractivity contribution in [3.8, 4) is 5.75 Å². The molecule has 0 radical (unpaired) electrons. The molecule has 0 bridgehead atoms. The van der Waals surface area contributed by atoms with E-state index in [0.29, 0.717) is 17.3 Å². The SMILES string of the molecule is COc1ccccc1NC(=O)c1cnc(Nc2ccccc2)cn1. The van der Waals surface area contributed by atoms with E-state index >= 15 is 0 Å². The molecule has 24 heavy (non-hydrogen) atoms. The number of rotatable bonds is 5. The molecule has 3 aromatic rings. The molecular formula is C18H16N4O2. The van der Waals surface area contributed by atoms with E-state index in [1.54, 1.807) is 19.2 Å². The van der Waals surface area contributed by atoms with Crippen LogP contribution in [-0.4, -0.2) is 23.0 Å². The van der Waals surface area contributed by atoms with Crippen molar-refractivity contribution in [2.75, 3.05) is 17.7 Å². The van der Waals surface area contributed by atoms with Crippen LogP contribution in [-0.2, 0) is 0 Å². The topological polar surface area (TPSA) is 76.1 Å². The van der Waals surface area contributed by atoms with Crippen LogP contribution in [0.25, 0.3) is 0 Å². The van der Waals surface area contributed by atoms with E-state index in [0.717, 1.165) is 5.69 Å². The minimum Gasteiger partial charge on any atom is -0.495 e. The Kier molecular flexibility index (Phi) is 4.67. The summed E-state index contributed by atoms with van der Waals surface area (Å²) >= 11 is 0. The molecule has 0 spiro atoms. The number of amides is 1. The third-order valence-corrected chi connectivity index (χ3v) is 3.29. The Labute approximate surface area is 139 Å². The van der Waals surface area contributed by atoms with Crippen LogP contribution in [0.15, 0.2) is 67.0 Å². The van der Waals surface area contributed by atoms with Crippen LogP contribution in [0, 0.1) is 0 Å². The molecule has 0 aliphatic rings. The van der Waals surface area contributed by atoms with Gasteiger partial charge in [0.05, 0.1) is 25.2 Å². The van der Waals surface area contributed by atoms with E-state index in [4.69, 9.17) is 4.74 Å². The van der Waals surface area contributed by atoms with E-state index < -0.39 is 0 Å². The second-order valence-corrected chi connectivity index (χ2v) is 4.93. The molecule has 2 N–H and O–H groups in total. The van der Waals surface area contributed by atoms with Crippen molar-refractivity contribution < 1.29 is 9.53 Å². The van der Waals surface area contributed by atoms with Gasteiger partial charge >= 0.3 is 0 Å². The highest BCUT2D eigenvalue weighted by Crippen LogP contribution is 2.23. The van der Waals surface area contributed by atoms with Crippen LogP contribution in [0.4, 0.5) is 17.2 Å². The van der Waals surface area contributed by atoms with Gasteiger partial charge in [-0.05, 0) is 24.3 Å². The summed E-state index contributed by atoms with van der Waals surface area (Å²) in [5.41, 5.74) is 1.70. The first kappa shape index (κ1) is 15.5. The van der Waals surface area contributed by atoms with Gasteiger partial charge in [-0.1, -0.05) is 30.3 Å². The second kappa shape index (κ2) is 7.23. The molecule has 1 aromatic heterocycles. The first-order valence-corrected chi connectivity index (χ1v) is 7.35. The smallest absolute Gasteiger partial charge is 0.275 e. The molecule has 0 atom stereocenters. The Morgan fingerprint density at radius 3 is 2.42 bits per heavy atom. The van der Waals surface area contributed by atoms with Crippen molar-refractivity contribution in [3.05, 3.63) is 72.7 Å². The highest BCUT2D eigenvalue weighted by atomic mass is 16.5. The average molecular weight is 320 g/mol. The number of hydrogen-bond acceptors (Lipinski definition) is 5. The van der Waals surface area contributed by atoms with Gasteiger partial charge in [-0.15, -0.1) is 0 Å². The quantitative estimate of drug-likeness (QED) is 0.752. The van der Waals surface area contributed by atoms with Gasteiger partial charge in [-0.3, -0.25) is 4.79 Å². The van der Waals surface area contributed by atoms with E-state index in [2.05, 4.69) is 20.6 Å². The highest BCUT2D eigenvalue weighted by molar-refractivity contribution is 6.03. The zero-order valence-electron chi connectivity index (χ0n) is 13.1. The van der Waals surface area contributed by atoms with Crippen molar-refractivity contribution in [1.82, 2.24) is 9.97 Å². The molecule has 6 heteroatoms. The lowest BCUT2D eigenvalue weighted by Gasteiger charge is -2.09. The predicted octanol–water partition coefficient (Wildman–Crippen LogP) is 3.48. The monoisotopic (exact) mass is 320 g/mol. The third kappa shape index (κ3) is 3.67. The molecule has 120 valence electrons. The number of aromatic nitrogens is 2. The maximum absolute atomic E-state index is 12.3. The lowest BCUT2D eigenvalue weighted by Crippen LogP contribution is -2.14. The summed E-state index contributed by atoms with van der Waals surface area (Å²) in [6.45, 7) is 0. The molecule has 0 unspecified atom stereocenters. The molecule has 0 fully saturated rings. The van der Waals surface area contributed by atoms with Crippen LogP contribution in [0.3, 0.4) is 0 Å².